The number of benzene rings is 1. The Balaban J connectivity index is 0.00000280. The molecule has 28 heavy (non-hydrogen) atoms. The summed E-state index contributed by atoms with van der Waals surface area (Å²) in [4.78, 5) is 17.6. The number of aldehydes is 1. The minimum absolute atomic E-state index is 0. The Kier molecular flexibility index (Phi) is 8.79. The van der Waals surface area contributed by atoms with Crippen molar-refractivity contribution in [2.75, 3.05) is 38.3 Å². The Morgan fingerprint density at radius 2 is 2.14 bits per heavy atom. The van der Waals surface area contributed by atoms with Crippen molar-refractivity contribution in [2.45, 2.75) is 6.42 Å². The minimum atomic E-state index is 0. The monoisotopic (exact) mass is 547 g/mol. The smallest absolute Gasteiger partial charge is 0.165 e. The maximum Gasteiger partial charge on any atom is 0.165 e. The maximum atomic E-state index is 10.8. The summed E-state index contributed by atoms with van der Waals surface area (Å²) < 4.78 is 12.4. The van der Waals surface area contributed by atoms with Gasteiger partial charge in [0.2, 0.25) is 0 Å². The van der Waals surface area contributed by atoms with Crippen molar-refractivity contribution in [1.82, 2.24) is 14.6 Å². The number of anilines is 1. The molecule has 0 aliphatic heterocycles. The third kappa shape index (κ3) is 5.26. The number of carbonyl (C=O) groups is 1. The summed E-state index contributed by atoms with van der Waals surface area (Å²) in [6, 6.07) is 9.67. The van der Waals surface area contributed by atoms with Gasteiger partial charge in [0.25, 0.3) is 0 Å². The van der Waals surface area contributed by atoms with E-state index in [0.29, 0.717) is 32.7 Å². The fourth-order valence-electron chi connectivity index (χ4n) is 2.86. The molecule has 3 aromatic rings. The van der Waals surface area contributed by atoms with Gasteiger partial charge in [-0.1, -0.05) is 12.1 Å². The summed E-state index contributed by atoms with van der Waals surface area (Å²) in [6.07, 6.45) is 5.02. The van der Waals surface area contributed by atoms with E-state index in [0.717, 1.165) is 34.6 Å². The van der Waals surface area contributed by atoms with Gasteiger partial charge in [-0.15, -0.1) is 0 Å². The zero-order chi connectivity index (χ0) is 19.1. The predicted molar refractivity (Wildman–Crippen MR) is 104 cm³/mol. The van der Waals surface area contributed by atoms with Crippen LogP contribution in [-0.2, 0) is 35.4 Å². The van der Waals surface area contributed by atoms with Crippen LogP contribution in [0, 0.1) is 6.92 Å². The molecular formula is C20H23HfN4O3-. The van der Waals surface area contributed by atoms with E-state index in [1.54, 1.807) is 17.8 Å². The standard InChI is InChI=1S/C20H23N4O3.Hf/c1-3-27-17-7-4-6-16(14-17)18-15-21-24-10-8-19(22-20(18)24)23(9-5-12-25)11-13-26-2;/h4,6-8,10,12,14-15H,1,3,5,9,11,13H2,2H3;/q-1;. The molecule has 0 aliphatic rings. The zero-order valence-corrected chi connectivity index (χ0v) is 19.5. The Morgan fingerprint density at radius 1 is 1.29 bits per heavy atom. The first-order chi connectivity index (χ1) is 13.3. The van der Waals surface area contributed by atoms with Gasteiger partial charge in [0.1, 0.15) is 17.9 Å². The molecule has 0 saturated carbocycles. The van der Waals surface area contributed by atoms with Crippen molar-refractivity contribution in [3.05, 3.63) is 49.6 Å². The molecule has 0 fully saturated rings. The molecule has 3 rings (SSSR count). The van der Waals surface area contributed by atoms with Gasteiger partial charge in [-0.3, -0.25) is 0 Å². The van der Waals surface area contributed by atoms with Crippen LogP contribution in [-0.4, -0.2) is 54.3 Å². The molecule has 0 bridgehead atoms. The maximum absolute atomic E-state index is 10.8. The molecule has 0 atom stereocenters. The molecule has 0 aliphatic carbocycles. The topological polar surface area (TPSA) is 69.0 Å². The van der Waals surface area contributed by atoms with Gasteiger partial charge in [-0.25, -0.2) is 9.50 Å². The van der Waals surface area contributed by atoms with Crippen LogP contribution in [0.3, 0.4) is 0 Å². The molecule has 0 radical (unpaired) electrons. The average molecular weight is 546 g/mol. The minimum Gasteiger partial charge on any atom is -0.525 e. The first kappa shape index (κ1) is 22.2. The van der Waals surface area contributed by atoms with Gasteiger partial charge < -0.3 is 26.1 Å². The number of rotatable bonds is 10. The molecule has 7 nitrogen and oxygen atoms in total. The quantitative estimate of drug-likeness (QED) is 0.222. The van der Waals surface area contributed by atoms with Crippen molar-refractivity contribution in [2.24, 2.45) is 0 Å². The number of fused-ring (bicyclic) bond motifs is 1. The van der Waals surface area contributed by atoms with Crippen LogP contribution in [0.25, 0.3) is 16.8 Å². The molecular weight excluding hydrogens is 523 g/mol. The largest absolute Gasteiger partial charge is 0.525 e. The molecule has 1 aromatic carbocycles. The number of hydrogen-bond donors (Lipinski definition) is 0. The number of hydrogen-bond acceptors (Lipinski definition) is 6. The number of aromatic nitrogens is 3. The third-order valence-corrected chi connectivity index (χ3v) is 4.17. The molecule has 2 heterocycles. The van der Waals surface area contributed by atoms with E-state index < -0.39 is 0 Å². The summed E-state index contributed by atoms with van der Waals surface area (Å²) >= 11 is 0. The van der Waals surface area contributed by atoms with E-state index in [-0.39, 0.29) is 25.8 Å². The number of carbonyl (C=O) groups excluding carboxylic acids is 1. The average Bonchev–Trinajstić information content (AvgIpc) is 3.12. The van der Waals surface area contributed by atoms with E-state index in [2.05, 4.69) is 12.0 Å². The van der Waals surface area contributed by atoms with Crippen LogP contribution in [0.5, 0.6) is 5.75 Å². The Hall–Kier alpha value is -2.06. The van der Waals surface area contributed by atoms with E-state index >= 15 is 0 Å². The molecule has 146 valence electrons. The number of methoxy groups -OCH3 is 1. The Labute approximate surface area is 183 Å². The molecule has 2 aromatic heterocycles. The van der Waals surface area contributed by atoms with Crippen LogP contribution >= 0.6 is 0 Å². The van der Waals surface area contributed by atoms with Crippen molar-refractivity contribution >= 4 is 17.8 Å². The first-order valence-electron chi connectivity index (χ1n) is 8.81. The number of ether oxygens (including phenoxy) is 2. The van der Waals surface area contributed by atoms with Crippen molar-refractivity contribution < 1.29 is 40.1 Å². The van der Waals surface area contributed by atoms with Crippen LogP contribution < -0.4 is 9.64 Å². The molecule has 0 unspecified atom stereocenters. The molecule has 0 spiro atoms. The normalized spacial score (nSPS) is 10.5. The molecule has 0 N–H and O–H groups in total. The fraction of sp³-hybridized carbons (Fsp3) is 0.300. The number of nitrogens with zero attached hydrogens (tertiary/aromatic N) is 4. The predicted octanol–water partition coefficient (Wildman–Crippen LogP) is 2.65. The Bertz CT molecular complexity index is 900. The van der Waals surface area contributed by atoms with Crippen LogP contribution in [0.4, 0.5) is 5.82 Å². The van der Waals surface area contributed by atoms with E-state index in [9.17, 15) is 4.79 Å². The second-order valence-corrected chi connectivity index (χ2v) is 5.92. The van der Waals surface area contributed by atoms with Gasteiger partial charge >= 0.3 is 0 Å². The van der Waals surface area contributed by atoms with Gasteiger partial charge in [-0.2, -0.15) is 5.10 Å². The second kappa shape index (κ2) is 11.1. The summed E-state index contributed by atoms with van der Waals surface area (Å²) in [7, 11) is 1.66. The van der Waals surface area contributed by atoms with Crippen LogP contribution in [0.2, 0.25) is 0 Å². The SMILES string of the molecule is [CH2-]COc1cccc(-c2cnn3ccc(N(CCC=O)CCOC)nc23)c1.[Hf]. The van der Waals surface area contributed by atoms with Crippen molar-refractivity contribution in [3.63, 3.8) is 0 Å². The summed E-state index contributed by atoms with van der Waals surface area (Å²) in [5.41, 5.74) is 2.62. The van der Waals surface area contributed by atoms with E-state index in [1.807, 2.05) is 41.4 Å². The van der Waals surface area contributed by atoms with Crippen molar-refractivity contribution in [3.8, 4) is 16.9 Å². The molecule has 0 amide bonds. The fourth-order valence-corrected chi connectivity index (χ4v) is 2.86. The first-order valence-corrected chi connectivity index (χ1v) is 8.81. The van der Waals surface area contributed by atoms with Gasteiger partial charge in [0.15, 0.2) is 5.65 Å². The second-order valence-electron chi connectivity index (χ2n) is 5.92. The van der Waals surface area contributed by atoms with Crippen molar-refractivity contribution in [1.29, 1.82) is 0 Å². The molecule has 0 saturated heterocycles. The van der Waals surface area contributed by atoms with E-state index in [1.165, 1.54) is 0 Å². The van der Waals surface area contributed by atoms with Crippen LogP contribution in [0.15, 0.2) is 42.7 Å². The molecule has 8 heteroatoms. The van der Waals surface area contributed by atoms with Gasteiger partial charge in [0.05, 0.1) is 12.8 Å². The Morgan fingerprint density at radius 3 is 2.89 bits per heavy atom. The zero-order valence-electron chi connectivity index (χ0n) is 15.9. The van der Waals surface area contributed by atoms with Gasteiger partial charge in [0, 0.05) is 64.2 Å². The van der Waals surface area contributed by atoms with Gasteiger partial charge in [-0.05, 0) is 30.4 Å². The summed E-state index contributed by atoms with van der Waals surface area (Å²) in [5.74, 6) is 1.54. The van der Waals surface area contributed by atoms with E-state index in [4.69, 9.17) is 14.5 Å². The third-order valence-electron chi connectivity index (χ3n) is 4.17. The van der Waals surface area contributed by atoms with Crippen LogP contribution in [0.1, 0.15) is 6.42 Å². The summed E-state index contributed by atoms with van der Waals surface area (Å²) in [5, 5.41) is 4.40. The summed E-state index contributed by atoms with van der Waals surface area (Å²) in [6.45, 7) is 5.88.